The predicted molar refractivity (Wildman–Crippen MR) is 80.3 cm³/mol. The van der Waals surface area contributed by atoms with E-state index in [0.29, 0.717) is 41.7 Å². The topological polar surface area (TPSA) is 105 Å². The lowest BCUT2D eigenvalue weighted by molar-refractivity contribution is -0.385. The first kappa shape index (κ1) is 13.4. The molecule has 1 saturated heterocycles. The smallest absolute Gasteiger partial charge is 0.270 e. The van der Waals surface area contributed by atoms with Gasteiger partial charge < -0.3 is 4.90 Å². The second kappa shape index (κ2) is 3.89. The van der Waals surface area contributed by atoms with Crippen LogP contribution in [0.3, 0.4) is 0 Å². The number of anilines is 1. The van der Waals surface area contributed by atoms with E-state index in [1.165, 1.54) is 12.1 Å². The summed E-state index contributed by atoms with van der Waals surface area (Å²) in [7, 11) is -3.54. The van der Waals surface area contributed by atoms with E-state index in [-0.39, 0.29) is 10.6 Å². The molecule has 120 valence electrons. The Kier molecular flexibility index (Phi) is 2.27. The largest absolute Gasteiger partial charge is 0.360 e. The first-order valence-electron chi connectivity index (χ1n) is 7.55. The summed E-state index contributed by atoms with van der Waals surface area (Å²) in [4.78, 5) is 12.5. The van der Waals surface area contributed by atoms with Crippen molar-refractivity contribution in [2.75, 3.05) is 11.2 Å². The zero-order valence-corrected chi connectivity index (χ0v) is 13.0. The maximum atomic E-state index is 12.1. The van der Waals surface area contributed by atoms with Crippen molar-refractivity contribution in [1.29, 1.82) is 0 Å². The Labute approximate surface area is 132 Å². The number of nitro benzene ring substituents is 1. The summed E-state index contributed by atoms with van der Waals surface area (Å²) in [6, 6.07) is 5.33. The molecule has 0 spiro atoms. The third kappa shape index (κ3) is 1.58. The molecule has 1 aromatic rings. The van der Waals surface area contributed by atoms with Crippen molar-refractivity contribution >= 4 is 21.2 Å². The Bertz CT molecular complexity index is 859. The molecule has 2 heterocycles. The maximum absolute atomic E-state index is 12.1. The standard InChI is InChI=1S/C14H14N4O4S/c1-23(21,22)10-4-6(18(19)20)2-3-9(10)17-13-7-5-8(14(13)17)12-11(7)15-16-12/h2-4,7-8,11-14H,5H2,1H3/t7-,8+,11+,12-,13+,14-,17?. The number of benzene rings is 1. The third-order valence-corrected chi connectivity index (χ3v) is 6.84. The highest BCUT2D eigenvalue weighted by Gasteiger charge is 2.73. The third-order valence-electron chi connectivity index (χ3n) is 5.72. The van der Waals surface area contributed by atoms with Gasteiger partial charge in [-0.25, -0.2) is 8.42 Å². The fourth-order valence-electron chi connectivity index (χ4n) is 4.81. The van der Waals surface area contributed by atoms with Crippen LogP contribution >= 0.6 is 0 Å². The average molecular weight is 334 g/mol. The van der Waals surface area contributed by atoms with E-state index < -0.39 is 14.8 Å². The fraction of sp³-hybridized carbons (Fsp3) is 0.571. The van der Waals surface area contributed by atoms with Gasteiger partial charge in [-0.05, 0) is 12.5 Å². The number of rotatable bonds is 3. The number of non-ortho nitro benzene ring substituents is 1. The summed E-state index contributed by atoms with van der Waals surface area (Å²) in [5.41, 5.74) is 0.387. The van der Waals surface area contributed by atoms with Crippen molar-refractivity contribution in [3.05, 3.63) is 28.3 Å². The summed E-state index contributed by atoms with van der Waals surface area (Å²) in [5, 5.41) is 19.4. The van der Waals surface area contributed by atoms with Crippen LogP contribution in [-0.4, -0.2) is 43.8 Å². The molecule has 2 saturated carbocycles. The number of hydrogen-bond donors (Lipinski definition) is 0. The van der Waals surface area contributed by atoms with Crippen molar-refractivity contribution in [2.24, 2.45) is 22.1 Å². The monoisotopic (exact) mass is 334 g/mol. The van der Waals surface area contributed by atoms with Crippen LogP contribution < -0.4 is 4.90 Å². The van der Waals surface area contributed by atoms with Gasteiger partial charge in [0.2, 0.25) is 0 Å². The Balaban J connectivity index is 1.57. The van der Waals surface area contributed by atoms with Crippen molar-refractivity contribution in [3.8, 4) is 0 Å². The summed E-state index contributed by atoms with van der Waals surface area (Å²) < 4.78 is 24.2. The molecule has 2 aliphatic heterocycles. The van der Waals surface area contributed by atoms with Crippen LogP contribution in [0, 0.1) is 22.0 Å². The number of sulfone groups is 1. The predicted octanol–water partition coefficient (Wildman–Crippen LogP) is 1.41. The van der Waals surface area contributed by atoms with Crippen LogP contribution in [0.5, 0.6) is 0 Å². The van der Waals surface area contributed by atoms with Crippen molar-refractivity contribution in [3.63, 3.8) is 0 Å². The molecule has 0 aromatic heterocycles. The van der Waals surface area contributed by atoms with E-state index in [4.69, 9.17) is 0 Å². The SMILES string of the molecule is CS(=O)(=O)c1cc([N+](=O)[O-])ccc1N1[C@@H]2[C@H]3C[C@H]([C@@H]4N=N[C@H]34)[C@@H]21. The molecule has 2 bridgehead atoms. The number of fused-ring (bicyclic) bond motifs is 8. The molecule has 0 radical (unpaired) electrons. The van der Waals surface area contributed by atoms with Gasteiger partial charge in [0, 0.05) is 30.2 Å². The highest BCUT2D eigenvalue weighted by atomic mass is 32.2. The molecule has 23 heavy (non-hydrogen) atoms. The first-order valence-corrected chi connectivity index (χ1v) is 9.44. The summed E-state index contributed by atoms with van der Waals surface area (Å²) in [6.07, 6.45) is 2.20. The van der Waals surface area contributed by atoms with Gasteiger partial charge in [-0.1, -0.05) is 0 Å². The van der Waals surface area contributed by atoms with E-state index in [9.17, 15) is 18.5 Å². The molecule has 9 heteroatoms. The minimum atomic E-state index is -3.54. The van der Waals surface area contributed by atoms with Crippen LogP contribution in [0.1, 0.15) is 6.42 Å². The number of nitro groups is 1. The molecule has 8 nitrogen and oxygen atoms in total. The van der Waals surface area contributed by atoms with Gasteiger partial charge in [0.15, 0.2) is 9.84 Å². The fourth-order valence-corrected chi connectivity index (χ4v) is 5.70. The molecular weight excluding hydrogens is 320 g/mol. The minimum Gasteiger partial charge on any atom is -0.360 e. The minimum absolute atomic E-state index is 0.0433. The molecule has 0 N–H and O–H groups in total. The quantitative estimate of drug-likeness (QED) is 0.472. The molecule has 0 unspecified atom stereocenters. The molecule has 1 aromatic carbocycles. The van der Waals surface area contributed by atoms with E-state index >= 15 is 0 Å². The normalized spacial score (nSPS) is 38.9. The molecular formula is C14H14N4O4S. The van der Waals surface area contributed by atoms with Gasteiger partial charge in [0.25, 0.3) is 5.69 Å². The van der Waals surface area contributed by atoms with Gasteiger partial charge in [-0.3, -0.25) is 10.1 Å². The average Bonchev–Trinajstić information content (AvgIpc) is 3.00. The van der Waals surface area contributed by atoms with Crippen LogP contribution in [0.4, 0.5) is 11.4 Å². The molecule has 3 fully saturated rings. The van der Waals surface area contributed by atoms with Gasteiger partial charge in [0.05, 0.1) is 27.6 Å². The van der Waals surface area contributed by atoms with Gasteiger partial charge in [-0.15, -0.1) is 0 Å². The van der Waals surface area contributed by atoms with Crippen molar-refractivity contribution in [2.45, 2.75) is 35.5 Å². The highest BCUT2D eigenvalue weighted by molar-refractivity contribution is 7.90. The molecule has 2 aliphatic carbocycles. The number of nitrogens with zero attached hydrogens (tertiary/aromatic N) is 4. The Morgan fingerprint density at radius 2 is 1.83 bits per heavy atom. The number of piperidine rings is 1. The molecule has 5 rings (SSSR count). The lowest BCUT2D eigenvalue weighted by Crippen LogP contribution is -2.39. The molecule has 6 atom stereocenters. The van der Waals surface area contributed by atoms with Gasteiger partial charge >= 0.3 is 0 Å². The van der Waals surface area contributed by atoms with Crippen molar-refractivity contribution in [1.82, 2.24) is 0 Å². The lowest BCUT2D eigenvalue weighted by atomic mass is 9.90. The Morgan fingerprint density at radius 1 is 1.22 bits per heavy atom. The van der Waals surface area contributed by atoms with Crippen LogP contribution in [0.2, 0.25) is 0 Å². The Hall–Kier alpha value is -2.03. The second-order valence-electron chi connectivity index (χ2n) is 6.85. The van der Waals surface area contributed by atoms with E-state index in [1.54, 1.807) is 6.07 Å². The summed E-state index contributed by atoms with van der Waals surface area (Å²) >= 11 is 0. The molecule has 0 amide bonds. The lowest BCUT2D eigenvalue weighted by Gasteiger charge is -2.27. The Morgan fingerprint density at radius 3 is 2.30 bits per heavy atom. The number of hydrogen-bond acceptors (Lipinski definition) is 7. The molecule has 4 aliphatic rings. The summed E-state index contributed by atoms with van der Waals surface area (Å²) in [6.45, 7) is 0. The highest BCUT2D eigenvalue weighted by Crippen LogP contribution is 2.63. The van der Waals surface area contributed by atoms with E-state index in [2.05, 4.69) is 15.1 Å². The van der Waals surface area contributed by atoms with Gasteiger partial charge in [0.1, 0.15) is 12.1 Å². The second-order valence-corrected chi connectivity index (χ2v) is 8.83. The zero-order valence-electron chi connectivity index (χ0n) is 12.2. The van der Waals surface area contributed by atoms with E-state index in [0.717, 1.165) is 12.7 Å². The van der Waals surface area contributed by atoms with Crippen LogP contribution in [0.25, 0.3) is 0 Å². The summed E-state index contributed by atoms with van der Waals surface area (Å²) in [5.74, 6) is 0.880. The van der Waals surface area contributed by atoms with Crippen LogP contribution in [-0.2, 0) is 9.84 Å². The zero-order chi connectivity index (χ0) is 16.1. The van der Waals surface area contributed by atoms with Crippen LogP contribution in [0.15, 0.2) is 33.3 Å². The number of azo groups is 1. The van der Waals surface area contributed by atoms with Crippen molar-refractivity contribution < 1.29 is 13.3 Å². The van der Waals surface area contributed by atoms with Gasteiger partial charge in [-0.2, -0.15) is 10.2 Å². The first-order chi connectivity index (χ1) is 10.9. The maximum Gasteiger partial charge on any atom is 0.270 e. The van der Waals surface area contributed by atoms with E-state index in [1.807, 2.05) is 0 Å².